The van der Waals surface area contributed by atoms with Crippen molar-refractivity contribution in [2.45, 2.75) is 39.4 Å². The first-order valence-electron chi connectivity index (χ1n) is 6.19. The van der Waals surface area contributed by atoms with Crippen molar-refractivity contribution in [1.82, 2.24) is 15.1 Å². The van der Waals surface area contributed by atoms with Crippen LogP contribution in [0, 0.1) is 0 Å². The molecule has 1 N–H and O–H groups in total. The van der Waals surface area contributed by atoms with Gasteiger partial charge in [-0.1, -0.05) is 18.3 Å². The van der Waals surface area contributed by atoms with Crippen LogP contribution in [0.4, 0.5) is 18.3 Å². The first-order chi connectivity index (χ1) is 9.24. The number of halogens is 3. The van der Waals surface area contributed by atoms with Crippen LogP contribution in [0.15, 0.2) is 0 Å². The van der Waals surface area contributed by atoms with Crippen LogP contribution in [-0.2, 0) is 0 Å². The van der Waals surface area contributed by atoms with Gasteiger partial charge in [0.1, 0.15) is 6.54 Å². The molecule has 1 heterocycles. The van der Waals surface area contributed by atoms with E-state index in [1.165, 1.54) is 13.8 Å². The van der Waals surface area contributed by atoms with Crippen molar-refractivity contribution in [3.63, 3.8) is 0 Å². The van der Waals surface area contributed by atoms with E-state index in [-0.39, 0.29) is 5.01 Å². The lowest BCUT2D eigenvalue weighted by Gasteiger charge is -2.26. The fourth-order valence-electron chi connectivity index (χ4n) is 1.42. The van der Waals surface area contributed by atoms with E-state index in [1.54, 1.807) is 0 Å². The highest BCUT2D eigenvalue weighted by atomic mass is 32.1. The Balaban J connectivity index is 2.81. The zero-order valence-corrected chi connectivity index (χ0v) is 12.3. The molecule has 0 unspecified atom stereocenters. The topological polar surface area (TPSA) is 58.1 Å². The summed E-state index contributed by atoms with van der Waals surface area (Å²) in [6.45, 7) is 4.39. The number of alkyl halides is 3. The van der Waals surface area contributed by atoms with Gasteiger partial charge in [-0.05, 0) is 20.3 Å². The quantitative estimate of drug-likeness (QED) is 0.878. The number of hydrogen-bond donors (Lipinski definition) is 1. The third-order valence-electron chi connectivity index (χ3n) is 2.37. The molecule has 5 nitrogen and oxygen atoms in total. The maximum Gasteiger partial charge on any atom is 0.406 e. The van der Waals surface area contributed by atoms with Crippen molar-refractivity contribution < 1.29 is 18.0 Å². The van der Waals surface area contributed by atoms with Gasteiger partial charge in [-0.25, -0.2) is 0 Å². The van der Waals surface area contributed by atoms with Gasteiger partial charge in [0.05, 0.1) is 0 Å². The molecule has 1 amide bonds. The molecule has 0 saturated heterocycles. The van der Waals surface area contributed by atoms with Gasteiger partial charge in [0.2, 0.25) is 10.1 Å². The van der Waals surface area contributed by atoms with Crippen LogP contribution in [0.25, 0.3) is 0 Å². The fourth-order valence-corrected chi connectivity index (χ4v) is 2.14. The average molecular weight is 310 g/mol. The number of anilines is 1. The molecule has 1 aromatic heterocycles. The van der Waals surface area contributed by atoms with Crippen LogP contribution >= 0.6 is 11.3 Å². The Bertz CT molecular complexity index is 447. The normalized spacial score (nSPS) is 11.8. The lowest BCUT2D eigenvalue weighted by atomic mass is 10.3. The second-order valence-corrected chi connectivity index (χ2v) is 5.46. The van der Waals surface area contributed by atoms with Crippen LogP contribution in [0.5, 0.6) is 0 Å². The van der Waals surface area contributed by atoms with Gasteiger partial charge in [0.15, 0.2) is 0 Å². The Kier molecular flexibility index (Phi) is 5.73. The number of aromatic nitrogens is 2. The number of carbonyl (C=O) groups is 1. The second kappa shape index (κ2) is 6.87. The zero-order chi connectivity index (χ0) is 15.3. The highest BCUT2D eigenvalue weighted by molar-refractivity contribution is 7.17. The van der Waals surface area contributed by atoms with Gasteiger partial charge >= 0.3 is 6.18 Å². The first-order valence-corrected chi connectivity index (χ1v) is 7.01. The SMILES string of the molecule is CCCNc1nnc(C(=O)N(CC(F)(F)F)C(C)C)s1. The Hall–Kier alpha value is -1.38. The number of nitrogens with zero attached hydrogens (tertiary/aromatic N) is 3. The number of hydrogen-bond acceptors (Lipinski definition) is 5. The molecule has 0 saturated carbocycles. The molecule has 1 rings (SSSR count). The third kappa shape index (κ3) is 4.95. The Labute approximate surface area is 119 Å². The van der Waals surface area contributed by atoms with Gasteiger partial charge in [-0.3, -0.25) is 4.79 Å². The van der Waals surface area contributed by atoms with Crippen LogP contribution < -0.4 is 5.32 Å². The van der Waals surface area contributed by atoms with Crippen molar-refractivity contribution >= 4 is 22.4 Å². The highest BCUT2D eigenvalue weighted by Gasteiger charge is 2.35. The lowest BCUT2D eigenvalue weighted by molar-refractivity contribution is -0.143. The number of nitrogens with one attached hydrogen (secondary N) is 1. The Morgan fingerprint density at radius 2 is 2.05 bits per heavy atom. The lowest BCUT2D eigenvalue weighted by Crippen LogP contribution is -2.43. The average Bonchev–Trinajstić information content (AvgIpc) is 2.80. The second-order valence-electron chi connectivity index (χ2n) is 4.48. The summed E-state index contributed by atoms with van der Waals surface area (Å²) in [5.41, 5.74) is 0. The van der Waals surface area contributed by atoms with Gasteiger partial charge in [-0.2, -0.15) is 13.2 Å². The van der Waals surface area contributed by atoms with Crippen molar-refractivity contribution in [3.8, 4) is 0 Å². The molecule has 0 fully saturated rings. The summed E-state index contributed by atoms with van der Waals surface area (Å²) in [5.74, 6) is -0.751. The number of carbonyl (C=O) groups excluding carboxylic acids is 1. The fraction of sp³-hybridized carbons (Fsp3) is 0.727. The van der Waals surface area contributed by atoms with E-state index < -0.39 is 24.7 Å². The minimum atomic E-state index is -4.44. The van der Waals surface area contributed by atoms with Crippen molar-refractivity contribution in [2.24, 2.45) is 0 Å². The molecule has 0 aromatic carbocycles. The summed E-state index contributed by atoms with van der Waals surface area (Å²) in [5, 5.41) is 10.7. The highest BCUT2D eigenvalue weighted by Crippen LogP contribution is 2.22. The van der Waals surface area contributed by atoms with E-state index in [0.717, 1.165) is 22.7 Å². The minimum absolute atomic E-state index is 0.0402. The molecular formula is C11H17F3N4OS. The van der Waals surface area contributed by atoms with Gasteiger partial charge in [0, 0.05) is 12.6 Å². The van der Waals surface area contributed by atoms with Gasteiger partial charge in [0.25, 0.3) is 5.91 Å². The molecule has 0 radical (unpaired) electrons. The molecule has 0 bridgehead atoms. The minimum Gasteiger partial charge on any atom is -0.360 e. The standard InChI is InChI=1S/C11H17F3N4OS/c1-4-5-15-10-17-16-8(20-10)9(19)18(7(2)3)6-11(12,13)14/h7H,4-6H2,1-3H3,(H,15,17). The molecule has 0 aliphatic rings. The number of rotatable bonds is 6. The summed E-state index contributed by atoms with van der Waals surface area (Å²) in [6, 6.07) is -0.569. The summed E-state index contributed by atoms with van der Waals surface area (Å²) in [6.07, 6.45) is -3.57. The van der Waals surface area contributed by atoms with Crippen LogP contribution in [0.3, 0.4) is 0 Å². The van der Waals surface area contributed by atoms with E-state index in [4.69, 9.17) is 0 Å². The molecule has 0 aliphatic carbocycles. The van der Waals surface area contributed by atoms with Gasteiger partial charge in [-0.15, -0.1) is 10.2 Å². The van der Waals surface area contributed by atoms with E-state index >= 15 is 0 Å². The molecular weight excluding hydrogens is 293 g/mol. The predicted octanol–water partition coefficient (Wildman–Crippen LogP) is 2.77. The Morgan fingerprint density at radius 1 is 1.40 bits per heavy atom. The van der Waals surface area contributed by atoms with Crippen LogP contribution in [0.2, 0.25) is 0 Å². The molecule has 1 aromatic rings. The number of amides is 1. The molecule has 0 atom stereocenters. The summed E-state index contributed by atoms with van der Waals surface area (Å²) < 4.78 is 37.4. The van der Waals surface area contributed by atoms with Crippen molar-refractivity contribution in [3.05, 3.63) is 5.01 Å². The van der Waals surface area contributed by atoms with Gasteiger partial charge < -0.3 is 10.2 Å². The van der Waals surface area contributed by atoms with E-state index in [2.05, 4.69) is 15.5 Å². The maximum atomic E-state index is 12.5. The van der Waals surface area contributed by atoms with Crippen molar-refractivity contribution in [2.75, 3.05) is 18.4 Å². The zero-order valence-electron chi connectivity index (χ0n) is 11.5. The summed E-state index contributed by atoms with van der Waals surface area (Å²) in [7, 11) is 0. The molecule has 9 heteroatoms. The summed E-state index contributed by atoms with van der Waals surface area (Å²) in [4.78, 5) is 12.8. The van der Waals surface area contributed by atoms with Crippen molar-refractivity contribution in [1.29, 1.82) is 0 Å². The first kappa shape index (κ1) is 16.7. The third-order valence-corrected chi connectivity index (χ3v) is 3.24. The molecule has 20 heavy (non-hydrogen) atoms. The Morgan fingerprint density at radius 3 is 2.55 bits per heavy atom. The van der Waals surface area contributed by atoms with E-state index in [9.17, 15) is 18.0 Å². The smallest absolute Gasteiger partial charge is 0.360 e. The van der Waals surface area contributed by atoms with E-state index in [0.29, 0.717) is 11.7 Å². The predicted molar refractivity (Wildman–Crippen MR) is 70.9 cm³/mol. The largest absolute Gasteiger partial charge is 0.406 e. The molecule has 114 valence electrons. The molecule has 0 aliphatic heterocycles. The van der Waals surface area contributed by atoms with Crippen LogP contribution in [0.1, 0.15) is 37.0 Å². The maximum absolute atomic E-state index is 12.5. The van der Waals surface area contributed by atoms with Crippen LogP contribution in [-0.4, -0.2) is 46.3 Å². The summed E-state index contributed by atoms with van der Waals surface area (Å²) >= 11 is 0.961. The molecule has 0 spiro atoms. The monoisotopic (exact) mass is 310 g/mol. The van der Waals surface area contributed by atoms with E-state index in [1.807, 2.05) is 6.92 Å².